The number of amides is 1. The number of carboxylic acid groups (broad SMARTS) is 1. The molecule has 1 amide bonds. The maximum atomic E-state index is 13.7. The Hall–Kier alpha value is -1.40. The fraction of sp³-hybridized carbons (Fsp3) is 0.875. The molecule has 214 valence electrons. The van der Waals surface area contributed by atoms with Gasteiger partial charge >= 0.3 is 5.97 Å². The van der Waals surface area contributed by atoms with E-state index in [4.69, 9.17) is 0 Å². The lowest BCUT2D eigenvalue weighted by Gasteiger charge is -2.71. The summed E-state index contributed by atoms with van der Waals surface area (Å²) >= 11 is 0. The Balaban J connectivity index is 1.56. The number of fused-ring (bicyclic) bond motifs is 7. The number of allylic oxidation sites excluding steroid dienone is 2. The smallest absolute Gasteiger partial charge is 0.322 e. The third kappa shape index (κ3) is 3.64. The number of carbonyl (C=O) groups is 2. The molecule has 0 bridgehead atoms. The molecule has 0 aromatic heterocycles. The second-order valence-corrected chi connectivity index (χ2v) is 15.7. The second kappa shape index (κ2) is 8.80. The Bertz CT molecular complexity index is 1040. The van der Waals surface area contributed by atoms with E-state index >= 15 is 0 Å². The molecule has 0 spiro atoms. The lowest BCUT2D eigenvalue weighted by Crippen LogP contribution is -2.66. The van der Waals surface area contributed by atoms with Crippen LogP contribution in [0.15, 0.2) is 11.6 Å². The molecule has 0 aromatic carbocycles. The van der Waals surface area contributed by atoms with E-state index in [0.717, 1.165) is 64.2 Å². The highest BCUT2D eigenvalue weighted by molar-refractivity contribution is 5.87. The van der Waals surface area contributed by atoms with Crippen LogP contribution in [0.4, 0.5) is 0 Å². The molecule has 9 atom stereocenters. The first-order chi connectivity index (χ1) is 17.6. The summed E-state index contributed by atoms with van der Waals surface area (Å²) in [6.45, 7) is 13.9. The molecule has 6 heteroatoms. The summed E-state index contributed by atoms with van der Waals surface area (Å²) in [5, 5.41) is 33.5. The average molecular weight is 530 g/mol. The molecule has 38 heavy (non-hydrogen) atoms. The third-order valence-corrected chi connectivity index (χ3v) is 13.6. The number of hydrogen-bond acceptors (Lipinski definition) is 4. The quantitative estimate of drug-likeness (QED) is 0.369. The van der Waals surface area contributed by atoms with E-state index in [2.05, 4.69) is 52.9 Å². The topological polar surface area (TPSA) is 107 Å². The summed E-state index contributed by atoms with van der Waals surface area (Å²) < 4.78 is 0. The number of rotatable bonds is 4. The summed E-state index contributed by atoms with van der Waals surface area (Å²) in [5.41, 5.74) is 0.722. The molecule has 0 aliphatic heterocycles. The van der Waals surface area contributed by atoms with Crippen molar-refractivity contribution in [2.24, 2.45) is 50.2 Å². The van der Waals surface area contributed by atoms with Gasteiger partial charge in [0.05, 0.1) is 18.1 Å². The maximum Gasteiger partial charge on any atom is 0.322 e. The maximum absolute atomic E-state index is 13.7. The predicted octanol–water partition coefficient (Wildman–Crippen LogP) is 5.32. The Morgan fingerprint density at radius 1 is 0.947 bits per heavy atom. The fourth-order valence-electron chi connectivity index (χ4n) is 11.0. The van der Waals surface area contributed by atoms with Crippen LogP contribution in [-0.4, -0.2) is 46.5 Å². The van der Waals surface area contributed by atoms with E-state index in [1.165, 1.54) is 5.57 Å². The highest BCUT2D eigenvalue weighted by Crippen LogP contribution is 2.75. The van der Waals surface area contributed by atoms with Gasteiger partial charge in [-0.2, -0.15) is 0 Å². The zero-order valence-corrected chi connectivity index (χ0v) is 24.5. The molecule has 4 fully saturated rings. The monoisotopic (exact) mass is 529 g/mol. The number of nitrogens with one attached hydrogen (secondary N) is 1. The number of carbonyl (C=O) groups excluding carboxylic acids is 1. The molecule has 0 saturated heterocycles. The van der Waals surface area contributed by atoms with Gasteiger partial charge < -0.3 is 20.6 Å². The lowest BCUT2D eigenvalue weighted by molar-refractivity contribution is -0.215. The summed E-state index contributed by atoms with van der Waals surface area (Å²) in [5.74, 6) is -0.165. The van der Waals surface area contributed by atoms with Gasteiger partial charge in [-0.25, -0.2) is 0 Å². The molecular formula is C32H51NO5. The number of hydrogen-bond donors (Lipinski definition) is 4. The molecule has 0 heterocycles. The number of aliphatic hydroxyl groups is 2. The van der Waals surface area contributed by atoms with Crippen molar-refractivity contribution in [2.75, 3.05) is 13.2 Å². The highest BCUT2D eigenvalue weighted by Gasteiger charge is 2.69. The summed E-state index contributed by atoms with van der Waals surface area (Å²) in [6, 6.07) is 0. The van der Waals surface area contributed by atoms with Gasteiger partial charge in [0.15, 0.2) is 0 Å². The summed E-state index contributed by atoms with van der Waals surface area (Å²) in [6.07, 6.45) is 11.4. The van der Waals surface area contributed by atoms with E-state index in [9.17, 15) is 24.9 Å². The zero-order valence-electron chi connectivity index (χ0n) is 24.5. The van der Waals surface area contributed by atoms with Crippen LogP contribution in [0.5, 0.6) is 0 Å². The van der Waals surface area contributed by atoms with Gasteiger partial charge in [0.25, 0.3) is 0 Å². The highest BCUT2D eigenvalue weighted by atomic mass is 16.4. The first-order valence-electron chi connectivity index (χ1n) is 15.1. The molecule has 0 aromatic rings. The normalized spacial score (nSPS) is 49.4. The van der Waals surface area contributed by atoms with Gasteiger partial charge in [0, 0.05) is 5.41 Å². The van der Waals surface area contributed by atoms with Crippen molar-refractivity contribution in [1.29, 1.82) is 0 Å². The number of aliphatic carboxylic acids is 1. The molecule has 5 aliphatic carbocycles. The first kappa shape index (κ1) is 28.1. The largest absolute Gasteiger partial charge is 0.480 e. The van der Waals surface area contributed by atoms with Crippen LogP contribution in [0, 0.1) is 50.2 Å². The lowest BCUT2D eigenvalue weighted by atomic mass is 9.33. The van der Waals surface area contributed by atoms with Crippen LogP contribution in [-0.2, 0) is 9.59 Å². The van der Waals surface area contributed by atoms with E-state index in [1.54, 1.807) is 0 Å². The molecule has 0 radical (unpaired) electrons. The van der Waals surface area contributed by atoms with Gasteiger partial charge in [-0.3, -0.25) is 9.59 Å². The zero-order chi connectivity index (χ0) is 27.9. The summed E-state index contributed by atoms with van der Waals surface area (Å²) in [7, 11) is 0. The molecule has 6 nitrogen and oxygen atoms in total. The van der Waals surface area contributed by atoms with E-state index in [-0.39, 0.29) is 46.6 Å². The Morgan fingerprint density at radius 3 is 2.29 bits per heavy atom. The van der Waals surface area contributed by atoms with E-state index in [0.29, 0.717) is 11.8 Å². The van der Waals surface area contributed by atoms with Gasteiger partial charge in [0.2, 0.25) is 5.91 Å². The van der Waals surface area contributed by atoms with Crippen molar-refractivity contribution in [3.05, 3.63) is 11.6 Å². The molecule has 0 unspecified atom stereocenters. The van der Waals surface area contributed by atoms with Crippen molar-refractivity contribution in [3.63, 3.8) is 0 Å². The number of aliphatic hydroxyl groups excluding tert-OH is 2. The minimum Gasteiger partial charge on any atom is -0.480 e. The molecule has 4 N–H and O–H groups in total. The van der Waals surface area contributed by atoms with Crippen molar-refractivity contribution in [1.82, 2.24) is 5.32 Å². The van der Waals surface area contributed by atoms with E-state index in [1.807, 2.05) is 0 Å². The van der Waals surface area contributed by atoms with Gasteiger partial charge in [0.1, 0.15) is 6.54 Å². The first-order valence-corrected chi connectivity index (χ1v) is 15.1. The number of carboxylic acids is 1. The van der Waals surface area contributed by atoms with Crippen LogP contribution >= 0.6 is 0 Å². The van der Waals surface area contributed by atoms with Crippen molar-refractivity contribution in [3.8, 4) is 0 Å². The Morgan fingerprint density at radius 2 is 1.63 bits per heavy atom. The van der Waals surface area contributed by atoms with Gasteiger partial charge in [-0.1, -0.05) is 53.2 Å². The fourth-order valence-corrected chi connectivity index (χ4v) is 11.0. The minimum absolute atomic E-state index is 0.0236. The van der Waals surface area contributed by atoms with Crippen LogP contribution in [0.25, 0.3) is 0 Å². The Labute approximate surface area is 229 Å². The standard InChI is InChI=1S/C32H51NO5/c1-27(2)13-15-32(26(38)33-18-25(36)37)16-14-30(5)20(21(32)17-27)7-8-23-28(3)11-10-24(35)29(4,19-34)22(28)9-12-31(23,30)6/h7,21-24,34-35H,8-19H2,1-6H3,(H,33,38)(H,36,37)/t21-,22+,23+,24-,28-,29-,30+,31+,32-/m0/s1. The third-order valence-electron chi connectivity index (χ3n) is 13.6. The van der Waals surface area contributed by atoms with Crippen molar-refractivity contribution < 1.29 is 24.9 Å². The van der Waals surface area contributed by atoms with Gasteiger partial charge in [-0.05, 0) is 104 Å². The molecular weight excluding hydrogens is 478 g/mol. The molecule has 4 saturated carbocycles. The molecule has 5 aliphatic rings. The predicted molar refractivity (Wildman–Crippen MR) is 147 cm³/mol. The van der Waals surface area contributed by atoms with Crippen LogP contribution in [0.2, 0.25) is 0 Å². The molecule has 5 rings (SSSR count). The van der Waals surface area contributed by atoms with Crippen LogP contribution in [0.1, 0.15) is 106 Å². The SMILES string of the molecule is CC1(C)CC[C@]2(C(=O)NCC(=O)O)CC[C@]3(C)C(=CC[C@@H]4[C@@]5(C)CC[C@H](O)[C@@](C)(CO)[C@@H]5CC[C@]43C)[C@@H]2C1. The average Bonchev–Trinajstić information content (AvgIpc) is 2.85. The van der Waals surface area contributed by atoms with Crippen LogP contribution < -0.4 is 5.32 Å². The Kier molecular flexibility index (Phi) is 6.52. The van der Waals surface area contributed by atoms with E-state index < -0.39 is 22.9 Å². The van der Waals surface area contributed by atoms with Crippen molar-refractivity contribution in [2.45, 2.75) is 112 Å². The minimum atomic E-state index is -0.993. The summed E-state index contributed by atoms with van der Waals surface area (Å²) in [4.78, 5) is 25.0. The van der Waals surface area contributed by atoms with Crippen LogP contribution in [0.3, 0.4) is 0 Å². The second-order valence-electron chi connectivity index (χ2n) is 15.7. The van der Waals surface area contributed by atoms with Gasteiger partial charge in [-0.15, -0.1) is 0 Å². The van der Waals surface area contributed by atoms with Crippen molar-refractivity contribution >= 4 is 11.9 Å².